The highest BCUT2D eigenvalue weighted by atomic mass is 16.5. The molecule has 0 saturated carbocycles. The highest BCUT2D eigenvalue weighted by Gasteiger charge is 2.10. The molecule has 0 atom stereocenters. The number of hydrogen-bond donors (Lipinski definition) is 1. The number of aryl methyl sites for hydroxylation is 1. The highest BCUT2D eigenvalue weighted by Crippen LogP contribution is 2.04. The summed E-state index contributed by atoms with van der Waals surface area (Å²) in [5.74, 6) is 0.991. The van der Waals surface area contributed by atoms with Crippen molar-refractivity contribution in [2.24, 2.45) is 12.0 Å². The van der Waals surface area contributed by atoms with Crippen LogP contribution in [0.2, 0.25) is 0 Å². The molecule has 1 fully saturated rings. The molecule has 24 heavy (non-hydrogen) atoms. The van der Waals surface area contributed by atoms with E-state index in [1.165, 1.54) is 12.1 Å². The molecule has 0 spiro atoms. The zero-order valence-electron chi connectivity index (χ0n) is 15.5. The largest absolute Gasteiger partial charge is 0.379 e. The Balaban J connectivity index is 1.73. The summed E-state index contributed by atoms with van der Waals surface area (Å²) in [7, 11) is 4.18. The first-order valence-corrected chi connectivity index (χ1v) is 9.10. The molecule has 1 aromatic heterocycles. The van der Waals surface area contributed by atoms with Crippen molar-refractivity contribution >= 4 is 5.96 Å². The predicted octanol–water partition coefficient (Wildman–Crippen LogP) is 1.53. The van der Waals surface area contributed by atoms with Gasteiger partial charge >= 0.3 is 0 Å². The van der Waals surface area contributed by atoms with E-state index in [-0.39, 0.29) is 0 Å². The van der Waals surface area contributed by atoms with Crippen LogP contribution in [0, 0.1) is 0 Å². The fraction of sp³-hybridized carbons (Fsp3) is 0.722. The second-order valence-electron chi connectivity index (χ2n) is 6.36. The van der Waals surface area contributed by atoms with Gasteiger partial charge in [-0.15, -0.1) is 0 Å². The standard InChI is InChI=1S/C18H33N5O/c1-4-19-18(22(3)16-17-8-7-10-21(17)2)20-9-5-6-11-23-12-14-24-15-13-23/h7-8,10H,4-6,9,11-16H2,1-3H3,(H,19,20). The van der Waals surface area contributed by atoms with E-state index in [1.54, 1.807) is 0 Å². The van der Waals surface area contributed by atoms with E-state index >= 15 is 0 Å². The molecule has 0 bridgehead atoms. The molecule has 6 nitrogen and oxygen atoms in total. The van der Waals surface area contributed by atoms with E-state index in [2.05, 4.69) is 59.0 Å². The summed E-state index contributed by atoms with van der Waals surface area (Å²) in [6.45, 7) is 9.83. The van der Waals surface area contributed by atoms with Crippen LogP contribution in [0.15, 0.2) is 23.3 Å². The number of guanidine groups is 1. The van der Waals surface area contributed by atoms with Gasteiger partial charge in [0.2, 0.25) is 0 Å². The van der Waals surface area contributed by atoms with Gasteiger partial charge in [-0.05, 0) is 38.4 Å². The number of morpholine rings is 1. The van der Waals surface area contributed by atoms with Gasteiger partial charge in [0, 0.05) is 52.2 Å². The average molecular weight is 335 g/mol. The van der Waals surface area contributed by atoms with E-state index in [4.69, 9.17) is 9.73 Å². The molecule has 0 unspecified atom stereocenters. The summed E-state index contributed by atoms with van der Waals surface area (Å²) in [6, 6.07) is 4.24. The lowest BCUT2D eigenvalue weighted by molar-refractivity contribution is 0.0373. The highest BCUT2D eigenvalue weighted by molar-refractivity contribution is 5.79. The maximum Gasteiger partial charge on any atom is 0.194 e. The van der Waals surface area contributed by atoms with E-state index in [9.17, 15) is 0 Å². The number of nitrogens with zero attached hydrogens (tertiary/aromatic N) is 4. The third kappa shape index (κ3) is 6.17. The molecular formula is C18H33N5O. The van der Waals surface area contributed by atoms with Crippen LogP contribution in [0.5, 0.6) is 0 Å². The van der Waals surface area contributed by atoms with Crippen molar-refractivity contribution in [1.29, 1.82) is 0 Å². The van der Waals surface area contributed by atoms with Gasteiger partial charge in [-0.1, -0.05) is 0 Å². The van der Waals surface area contributed by atoms with Crippen molar-refractivity contribution in [3.05, 3.63) is 24.0 Å². The van der Waals surface area contributed by atoms with Crippen LogP contribution in [-0.4, -0.2) is 73.3 Å². The minimum atomic E-state index is 0.864. The van der Waals surface area contributed by atoms with Crippen LogP contribution >= 0.6 is 0 Å². The molecule has 2 rings (SSSR count). The van der Waals surface area contributed by atoms with Gasteiger partial charge in [0.15, 0.2) is 5.96 Å². The molecule has 1 N–H and O–H groups in total. The molecule has 1 saturated heterocycles. The average Bonchev–Trinajstić information content (AvgIpc) is 2.99. The molecule has 6 heteroatoms. The van der Waals surface area contributed by atoms with Crippen molar-refractivity contribution in [2.45, 2.75) is 26.3 Å². The second kappa shape index (κ2) is 10.4. The predicted molar refractivity (Wildman–Crippen MR) is 99.4 cm³/mol. The Bertz CT molecular complexity index is 493. The van der Waals surface area contributed by atoms with Gasteiger partial charge in [0.05, 0.1) is 19.8 Å². The molecule has 2 heterocycles. The summed E-state index contributed by atoms with van der Waals surface area (Å²) < 4.78 is 7.54. The summed E-state index contributed by atoms with van der Waals surface area (Å²) >= 11 is 0. The van der Waals surface area contributed by atoms with Crippen molar-refractivity contribution in [3.8, 4) is 0 Å². The van der Waals surface area contributed by atoms with Gasteiger partial charge in [0.1, 0.15) is 0 Å². The van der Waals surface area contributed by atoms with E-state index in [0.717, 1.165) is 64.9 Å². The molecule has 0 aliphatic carbocycles. The Morgan fingerprint density at radius 2 is 2.12 bits per heavy atom. The fourth-order valence-corrected chi connectivity index (χ4v) is 2.91. The van der Waals surface area contributed by atoms with E-state index < -0.39 is 0 Å². The normalized spacial score (nSPS) is 16.4. The number of hydrogen-bond acceptors (Lipinski definition) is 3. The molecule has 0 amide bonds. The molecule has 1 aliphatic rings. The van der Waals surface area contributed by atoms with E-state index in [0.29, 0.717) is 0 Å². The number of aliphatic imine (C=N–C) groups is 1. The number of unbranched alkanes of at least 4 members (excludes halogenated alkanes) is 1. The summed E-state index contributed by atoms with van der Waals surface area (Å²) in [4.78, 5) is 9.47. The number of nitrogens with one attached hydrogen (secondary N) is 1. The Hall–Kier alpha value is -1.53. The Morgan fingerprint density at radius 3 is 2.79 bits per heavy atom. The summed E-state index contributed by atoms with van der Waals surface area (Å²) in [5.41, 5.74) is 1.29. The van der Waals surface area contributed by atoms with Crippen LogP contribution in [0.25, 0.3) is 0 Å². The lowest BCUT2D eigenvalue weighted by Crippen LogP contribution is -2.39. The second-order valence-corrected chi connectivity index (χ2v) is 6.36. The quantitative estimate of drug-likeness (QED) is 0.445. The van der Waals surface area contributed by atoms with Gasteiger partial charge in [-0.25, -0.2) is 0 Å². The molecule has 0 aromatic carbocycles. The van der Waals surface area contributed by atoms with Gasteiger partial charge in [-0.3, -0.25) is 9.89 Å². The minimum Gasteiger partial charge on any atom is -0.379 e. The smallest absolute Gasteiger partial charge is 0.194 e. The van der Waals surface area contributed by atoms with Crippen molar-refractivity contribution in [2.75, 3.05) is 53.0 Å². The zero-order chi connectivity index (χ0) is 17.2. The van der Waals surface area contributed by atoms with Crippen LogP contribution in [0.3, 0.4) is 0 Å². The third-order valence-electron chi connectivity index (χ3n) is 4.39. The molecular weight excluding hydrogens is 302 g/mol. The fourth-order valence-electron chi connectivity index (χ4n) is 2.91. The number of aromatic nitrogens is 1. The van der Waals surface area contributed by atoms with Crippen molar-refractivity contribution in [3.63, 3.8) is 0 Å². The topological polar surface area (TPSA) is 45.0 Å². The van der Waals surface area contributed by atoms with Crippen LogP contribution < -0.4 is 5.32 Å². The lowest BCUT2D eigenvalue weighted by atomic mass is 10.3. The number of ether oxygens (including phenoxy) is 1. The maximum absolute atomic E-state index is 5.38. The van der Waals surface area contributed by atoms with Gasteiger partial charge < -0.3 is 19.5 Å². The summed E-state index contributed by atoms with van der Waals surface area (Å²) in [5, 5.41) is 3.39. The molecule has 0 radical (unpaired) electrons. The molecule has 136 valence electrons. The van der Waals surface area contributed by atoms with Crippen LogP contribution in [-0.2, 0) is 18.3 Å². The summed E-state index contributed by atoms with van der Waals surface area (Å²) in [6.07, 6.45) is 4.41. The van der Waals surface area contributed by atoms with Crippen molar-refractivity contribution < 1.29 is 4.74 Å². The first-order chi connectivity index (χ1) is 11.7. The Kier molecular flexibility index (Phi) is 8.12. The Morgan fingerprint density at radius 1 is 1.33 bits per heavy atom. The zero-order valence-corrected chi connectivity index (χ0v) is 15.5. The van der Waals surface area contributed by atoms with Gasteiger partial charge in [0.25, 0.3) is 0 Å². The SMILES string of the molecule is CCNC(=NCCCCN1CCOCC1)N(C)Cc1cccn1C. The lowest BCUT2D eigenvalue weighted by Gasteiger charge is -2.26. The monoisotopic (exact) mass is 335 g/mol. The molecule has 1 aliphatic heterocycles. The van der Waals surface area contributed by atoms with Gasteiger partial charge in [-0.2, -0.15) is 0 Å². The third-order valence-corrected chi connectivity index (χ3v) is 4.39. The Labute approximate surface area is 146 Å². The number of rotatable bonds is 8. The van der Waals surface area contributed by atoms with Crippen LogP contribution in [0.4, 0.5) is 0 Å². The first kappa shape index (κ1) is 18.8. The van der Waals surface area contributed by atoms with Crippen molar-refractivity contribution in [1.82, 2.24) is 19.7 Å². The van der Waals surface area contributed by atoms with E-state index in [1.807, 2.05) is 0 Å². The van der Waals surface area contributed by atoms with Crippen LogP contribution in [0.1, 0.15) is 25.5 Å². The maximum atomic E-state index is 5.38. The molecule has 1 aromatic rings. The first-order valence-electron chi connectivity index (χ1n) is 9.10. The minimum absolute atomic E-state index is 0.864.